The predicted octanol–water partition coefficient (Wildman–Crippen LogP) is 3.80. The summed E-state index contributed by atoms with van der Waals surface area (Å²) in [6, 6.07) is 14.9. The molecule has 2 rings (SSSR count). The van der Waals surface area contributed by atoms with Crippen LogP contribution < -0.4 is 15.4 Å². The number of carbonyl (C=O) groups excluding carboxylic acids is 1. The van der Waals surface area contributed by atoms with Gasteiger partial charge in [0, 0.05) is 11.9 Å². The van der Waals surface area contributed by atoms with E-state index in [-0.39, 0.29) is 6.03 Å². The summed E-state index contributed by atoms with van der Waals surface area (Å²) in [5.41, 5.74) is 2.76. The van der Waals surface area contributed by atoms with Crippen LogP contribution >= 0.6 is 0 Å². The van der Waals surface area contributed by atoms with E-state index in [1.165, 1.54) is 0 Å². The average Bonchev–Trinajstić information content (AvgIpc) is 2.50. The number of methoxy groups -OCH3 is 1. The highest BCUT2D eigenvalue weighted by atomic mass is 16.5. The van der Waals surface area contributed by atoms with Crippen molar-refractivity contribution in [2.45, 2.75) is 6.92 Å². The van der Waals surface area contributed by atoms with Crippen LogP contribution in [0.5, 0.6) is 5.75 Å². The highest BCUT2D eigenvalue weighted by molar-refractivity contribution is 5.91. The van der Waals surface area contributed by atoms with E-state index >= 15 is 0 Å². The van der Waals surface area contributed by atoms with Gasteiger partial charge in [0.15, 0.2) is 0 Å². The lowest BCUT2D eigenvalue weighted by Gasteiger charge is -2.07. The minimum absolute atomic E-state index is 0.275. The van der Waals surface area contributed by atoms with E-state index in [1.54, 1.807) is 19.4 Å². The molecule has 0 aliphatic rings. The van der Waals surface area contributed by atoms with Crippen LogP contribution in [0, 0.1) is 6.92 Å². The third kappa shape index (κ3) is 4.38. The van der Waals surface area contributed by atoms with Crippen LogP contribution in [0.3, 0.4) is 0 Å². The molecule has 0 bridgehead atoms. The summed E-state index contributed by atoms with van der Waals surface area (Å²) in [6.45, 7) is 1.95. The molecule has 0 aliphatic heterocycles. The van der Waals surface area contributed by atoms with E-state index in [0.29, 0.717) is 0 Å². The molecular formula is C17H18N2O2. The maximum Gasteiger partial charge on any atom is 0.323 e. The first-order valence-electron chi connectivity index (χ1n) is 6.63. The lowest BCUT2D eigenvalue weighted by molar-refractivity contribution is 0.255. The highest BCUT2D eigenvalue weighted by Gasteiger charge is 2.01. The molecule has 0 atom stereocenters. The number of urea groups is 1. The third-order valence-corrected chi connectivity index (χ3v) is 2.98. The Labute approximate surface area is 124 Å². The Morgan fingerprint density at radius 1 is 1.14 bits per heavy atom. The SMILES string of the molecule is COc1cccc(/C=C/NC(=O)Nc2ccccc2C)c1. The van der Waals surface area contributed by atoms with Crippen molar-refractivity contribution in [1.82, 2.24) is 5.32 Å². The van der Waals surface area contributed by atoms with Crippen molar-refractivity contribution >= 4 is 17.8 Å². The topological polar surface area (TPSA) is 50.4 Å². The molecule has 0 saturated carbocycles. The Balaban J connectivity index is 1.91. The fourth-order valence-electron chi connectivity index (χ4n) is 1.83. The molecule has 2 amide bonds. The van der Waals surface area contributed by atoms with E-state index < -0.39 is 0 Å². The number of carbonyl (C=O) groups is 1. The Morgan fingerprint density at radius 2 is 1.95 bits per heavy atom. The summed E-state index contributed by atoms with van der Waals surface area (Å²) in [6.07, 6.45) is 3.41. The van der Waals surface area contributed by atoms with Crippen molar-refractivity contribution in [3.05, 3.63) is 65.9 Å². The third-order valence-electron chi connectivity index (χ3n) is 2.98. The first-order chi connectivity index (χ1) is 10.2. The van der Waals surface area contributed by atoms with Gasteiger partial charge >= 0.3 is 6.03 Å². The van der Waals surface area contributed by atoms with Gasteiger partial charge in [-0.05, 0) is 42.3 Å². The number of anilines is 1. The van der Waals surface area contributed by atoms with Crippen LogP contribution in [0.1, 0.15) is 11.1 Å². The van der Waals surface area contributed by atoms with Crippen molar-refractivity contribution in [3.8, 4) is 5.75 Å². The molecule has 0 radical (unpaired) electrons. The van der Waals surface area contributed by atoms with Crippen molar-refractivity contribution in [3.63, 3.8) is 0 Å². The smallest absolute Gasteiger partial charge is 0.323 e. The van der Waals surface area contributed by atoms with Gasteiger partial charge in [0.2, 0.25) is 0 Å². The minimum Gasteiger partial charge on any atom is -0.497 e. The van der Waals surface area contributed by atoms with Crippen LogP contribution in [0.2, 0.25) is 0 Å². The van der Waals surface area contributed by atoms with Gasteiger partial charge in [0.25, 0.3) is 0 Å². The van der Waals surface area contributed by atoms with Crippen LogP contribution in [0.4, 0.5) is 10.5 Å². The Bertz CT molecular complexity index is 651. The van der Waals surface area contributed by atoms with E-state index in [4.69, 9.17) is 4.74 Å². The van der Waals surface area contributed by atoms with E-state index in [0.717, 1.165) is 22.6 Å². The molecule has 21 heavy (non-hydrogen) atoms. The molecule has 2 aromatic carbocycles. The summed E-state index contributed by atoms with van der Waals surface area (Å²) in [7, 11) is 1.62. The van der Waals surface area contributed by atoms with Crippen molar-refractivity contribution < 1.29 is 9.53 Å². The highest BCUT2D eigenvalue weighted by Crippen LogP contribution is 2.14. The summed E-state index contributed by atoms with van der Waals surface area (Å²) < 4.78 is 5.14. The summed E-state index contributed by atoms with van der Waals surface area (Å²) in [5, 5.41) is 5.47. The van der Waals surface area contributed by atoms with Gasteiger partial charge in [-0.15, -0.1) is 0 Å². The zero-order valence-electron chi connectivity index (χ0n) is 12.1. The quantitative estimate of drug-likeness (QED) is 0.896. The fourth-order valence-corrected chi connectivity index (χ4v) is 1.83. The molecule has 4 heteroatoms. The molecule has 0 unspecified atom stereocenters. The molecule has 0 aliphatic carbocycles. The molecule has 2 aromatic rings. The van der Waals surface area contributed by atoms with Crippen LogP contribution in [-0.2, 0) is 0 Å². The number of hydrogen-bond donors (Lipinski definition) is 2. The van der Waals surface area contributed by atoms with Crippen LogP contribution in [-0.4, -0.2) is 13.1 Å². The van der Waals surface area contributed by atoms with Crippen molar-refractivity contribution in [2.75, 3.05) is 12.4 Å². The first-order valence-corrected chi connectivity index (χ1v) is 6.63. The number of rotatable bonds is 4. The Hall–Kier alpha value is -2.75. The Morgan fingerprint density at radius 3 is 2.71 bits per heavy atom. The summed E-state index contributed by atoms with van der Waals surface area (Å²) >= 11 is 0. The zero-order valence-corrected chi connectivity index (χ0v) is 12.1. The second kappa shape index (κ2) is 7.14. The van der Waals surface area contributed by atoms with Gasteiger partial charge in [0.05, 0.1) is 7.11 Å². The van der Waals surface area contributed by atoms with Gasteiger partial charge in [-0.3, -0.25) is 0 Å². The van der Waals surface area contributed by atoms with E-state index in [2.05, 4.69) is 10.6 Å². The van der Waals surface area contributed by atoms with Crippen molar-refractivity contribution in [2.24, 2.45) is 0 Å². The second-order valence-corrected chi connectivity index (χ2v) is 4.52. The monoisotopic (exact) mass is 282 g/mol. The molecule has 108 valence electrons. The summed E-state index contributed by atoms with van der Waals surface area (Å²) in [4.78, 5) is 11.8. The van der Waals surface area contributed by atoms with E-state index in [9.17, 15) is 4.79 Å². The van der Waals surface area contributed by atoms with Crippen molar-refractivity contribution in [1.29, 1.82) is 0 Å². The molecule has 4 nitrogen and oxygen atoms in total. The minimum atomic E-state index is -0.275. The lowest BCUT2D eigenvalue weighted by Crippen LogP contribution is -2.24. The average molecular weight is 282 g/mol. The molecule has 0 spiro atoms. The zero-order chi connectivity index (χ0) is 15.1. The lowest BCUT2D eigenvalue weighted by atomic mass is 10.2. The number of benzene rings is 2. The number of amides is 2. The molecule has 0 saturated heterocycles. The van der Waals surface area contributed by atoms with Gasteiger partial charge in [-0.1, -0.05) is 30.3 Å². The van der Waals surface area contributed by atoms with Gasteiger partial charge in [-0.2, -0.15) is 0 Å². The number of hydrogen-bond acceptors (Lipinski definition) is 2. The predicted molar refractivity (Wildman–Crippen MR) is 85.4 cm³/mol. The maximum absolute atomic E-state index is 11.8. The molecular weight excluding hydrogens is 264 g/mol. The van der Waals surface area contributed by atoms with Crippen LogP contribution in [0.15, 0.2) is 54.7 Å². The van der Waals surface area contributed by atoms with E-state index in [1.807, 2.05) is 55.5 Å². The standard InChI is InChI=1S/C17H18N2O2/c1-13-6-3-4-9-16(13)19-17(20)18-11-10-14-7-5-8-15(12-14)21-2/h3-12H,1-2H3,(H2,18,19,20)/b11-10+. The Kier molecular flexibility index (Phi) is 4.99. The first kappa shape index (κ1) is 14.7. The number of nitrogens with one attached hydrogen (secondary N) is 2. The fraction of sp³-hybridized carbons (Fsp3) is 0.118. The maximum atomic E-state index is 11.8. The number of ether oxygens (including phenoxy) is 1. The summed E-state index contributed by atoms with van der Waals surface area (Å²) in [5.74, 6) is 0.779. The molecule has 0 fully saturated rings. The van der Waals surface area contributed by atoms with Gasteiger partial charge in [-0.25, -0.2) is 4.79 Å². The normalized spacial score (nSPS) is 10.4. The second-order valence-electron chi connectivity index (χ2n) is 4.52. The number of aryl methyl sites for hydroxylation is 1. The molecule has 2 N–H and O–H groups in total. The number of para-hydroxylation sites is 1. The molecule has 0 aromatic heterocycles. The molecule has 0 heterocycles. The van der Waals surface area contributed by atoms with Crippen LogP contribution in [0.25, 0.3) is 6.08 Å². The largest absolute Gasteiger partial charge is 0.497 e. The van der Waals surface area contributed by atoms with Gasteiger partial charge < -0.3 is 15.4 Å². The van der Waals surface area contributed by atoms with Gasteiger partial charge in [0.1, 0.15) is 5.75 Å².